The Morgan fingerprint density at radius 2 is 1.51 bits per heavy atom. The third-order valence-electron chi connectivity index (χ3n) is 5.54. The molecule has 0 aliphatic carbocycles. The van der Waals surface area contributed by atoms with E-state index in [0.717, 1.165) is 13.2 Å². The zero-order chi connectivity index (χ0) is 30.2. The molecule has 2 rings (SSSR count). The number of ketones is 1. The molecule has 2 aromatic carbocycles. The second-order valence-corrected chi connectivity index (χ2v) is 12.8. The van der Waals surface area contributed by atoms with E-state index >= 15 is 0 Å². The molecule has 0 radical (unpaired) electrons. The molecule has 39 heavy (non-hydrogen) atoms. The molecule has 0 saturated carbocycles. The molecule has 2 N–H and O–H groups in total. The van der Waals surface area contributed by atoms with Gasteiger partial charge in [0.05, 0.1) is 17.9 Å². The number of carbonyl (C=O) groups excluding carboxylic acids is 2. The van der Waals surface area contributed by atoms with Crippen molar-refractivity contribution in [3.05, 3.63) is 62.2 Å². The molecule has 0 spiro atoms. The summed E-state index contributed by atoms with van der Waals surface area (Å²) < 4.78 is 117. The number of rotatable bonds is 9. The van der Waals surface area contributed by atoms with Gasteiger partial charge in [-0.2, -0.15) is 26.3 Å². The van der Waals surface area contributed by atoms with Gasteiger partial charge in [-0.05, 0) is 67.1 Å². The molecule has 2 aromatic rings. The van der Waals surface area contributed by atoms with E-state index in [4.69, 9.17) is 0 Å². The van der Waals surface area contributed by atoms with Crippen molar-refractivity contribution < 1.29 is 48.7 Å². The summed E-state index contributed by atoms with van der Waals surface area (Å²) in [6.07, 6.45) is -11.5. The van der Waals surface area contributed by atoms with E-state index in [-0.39, 0.29) is 40.7 Å². The zero-order valence-corrected chi connectivity index (χ0v) is 23.9. The van der Waals surface area contributed by atoms with Crippen LogP contribution in [0.5, 0.6) is 0 Å². The lowest BCUT2D eigenvalue weighted by Crippen LogP contribution is -2.50. The van der Waals surface area contributed by atoms with Crippen LogP contribution in [0.3, 0.4) is 0 Å². The smallest absolute Gasteiger partial charge is 0.322 e. The van der Waals surface area contributed by atoms with Gasteiger partial charge in [-0.15, -0.1) is 0 Å². The fraction of sp³-hybridized carbons (Fsp3) is 0.417. The van der Waals surface area contributed by atoms with Crippen LogP contribution in [0.2, 0.25) is 0 Å². The zero-order valence-electron chi connectivity index (χ0n) is 20.9. The largest absolute Gasteiger partial charge is 0.435 e. The highest BCUT2D eigenvalue weighted by Gasteiger charge is 2.73. The van der Waals surface area contributed by atoms with Crippen LogP contribution in [0.25, 0.3) is 0 Å². The van der Waals surface area contributed by atoms with Crippen LogP contribution in [0.15, 0.2) is 36.4 Å². The van der Waals surface area contributed by atoms with E-state index in [9.17, 15) is 48.7 Å². The van der Waals surface area contributed by atoms with Crippen LogP contribution < -0.4 is 10.6 Å². The highest BCUT2D eigenvalue weighted by molar-refractivity contribution is 14.1. The molecule has 0 saturated heterocycles. The molecular weight excluding hydrogens is 672 g/mol. The fourth-order valence-corrected chi connectivity index (χ4v) is 6.02. The van der Waals surface area contributed by atoms with Crippen LogP contribution in [-0.4, -0.2) is 56.6 Å². The van der Waals surface area contributed by atoms with Crippen LogP contribution in [0.4, 0.5) is 36.4 Å². The summed E-state index contributed by atoms with van der Waals surface area (Å²) in [5.41, 5.74) is -9.00. The Bertz CT molecular complexity index is 1360. The van der Waals surface area contributed by atoms with Crippen LogP contribution in [0.1, 0.15) is 45.7 Å². The number of anilines is 1. The van der Waals surface area contributed by atoms with Crippen molar-refractivity contribution >= 4 is 49.8 Å². The lowest BCUT2D eigenvalue weighted by atomic mass is 9.92. The molecule has 0 aliphatic rings. The number of halogens is 8. The minimum atomic E-state index is -6.29. The number of Topliss-reactive ketones (excluding diaryl/α,β-unsaturated/α-hetero) is 1. The molecule has 0 heterocycles. The van der Waals surface area contributed by atoms with Gasteiger partial charge in [0.2, 0.25) is 0 Å². The molecule has 0 unspecified atom stereocenters. The van der Waals surface area contributed by atoms with Crippen molar-refractivity contribution in [2.24, 2.45) is 0 Å². The van der Waals surface area contributed by atoms with E-state index in [2.05, 4.69) is 10.6 Å². The van der Waals surface area contributed by atoms with Crippen LogP contribution >= 0.6 is 22.6 Å². The number of sulfone groups is 1. The number of carbonyl (C=O) groups is 2. The quantitative estimate of drug-likeness (QED) is 0.199. The lowest BCUT2D eigenvalue weighted by Gasteiger charge is -2.30. The van der Waals surface area contributed by atoms with Crippen LogP contribution in [0, 0.1) is 10.5 Å². The SMILES string of the molecule is Cc1cc(C(F)(C(F)(F)F)C(F)(F)F)ccc1NC(=O)c1cccc(I)c1C(=O)CNC(C)(C)CS(C)(=O)=O. The van der Waals surface area contributed by atoms with Gasteiger partial charge in [-0.3, -0.25) is 9.59 Å². The second kappa shape index (κ2) is 11.3. The molecule has 15 heteroatoms. The van der Waals surface area contributed by atoms with Crippen molar-refractivity contribution in [3.8, 4) is 0 Å². The van der Waals surface area contributed by atoms with E-state index in [0.29, 0.717) is 15.7 Å². The Morgan fingerprint density at radius 3 is 2.00 bits per heavy atom. The van der Waals surface area contributed by atoms with Crippen molar-refractivity contribution in [3.63, 3.8) is 0 Å². The minimum Gasteiger partial charge on any atom is -0.322 e. The highest BCUT2D eigenvalue weighted by Crippen LogP contribution is 2.53. The summed E-state index contributed by atoms with van der Waals surface area (Å²) in [4.78, 5) is 26.0. The van der Waals surface area contributed by atoms with Gasteiger partial charge in [0, 0.05) is 32.2 Å². The number of hydrogen-bond donors (Lipinski definition) is 2. The molecule has 0 aliphatic heterocycles. The van der Waals surface area contributed by atoms with E-state index in [1.54, 1.807) is 36.4 Å². The van der Waals surface area contributed by atoms with Crippen molar-refractivity contribution in [1.29, 1.82) is 0 Å². The van der Waals surface area contributed by atoms with Gasteiger partial charge in [-0.1, -0.05) is 18.2 Å². The summed E-state index contributed by atoms with van der Waals surface area (Å²) in [5, 5.41) is 5.16. The van der Waals surface area contributed by atoms with Gasteiger partial charge < -0.3 is 10.6 Å². The molecule has 0 fully saturated rings. The molecule has 0 atom stereocenters. The maximum absolute atomic E-state index is 14.4. The first-order valence-corrected chi connectivity index (χ1v) is 14.1. The predicted octanol–water partition coefficient (Wildman–Crippen LogP) is 5.74. The fourth-order valence-electron chi connectivity index (χ4n) is 3.81. The number of benzene rings is 2. The van der Waals surface area contributed by atoms with Gasteiger partial charge in [0.15, 0.2) is 5.78 Å². The number of alkyl halides is 7. The third-order valence-corrected chi connectivity index (χ3v) is 7.69. The Morgan fingerprint density at radius 1 is 0.949 bits per heavy atom. The van der Waals surface area contributed by atoms with Crippen molar-refractivity contribution in [2.75, 3.05) is 23.9 Å². The van der Waals surface area contributed by atoms with E-state index < -0.39 is 50.7 Å². The average Bonchev–Trinajstić information content (AvgIpc) is 2.75. The normalized spacial score (nSPS) is 13.3. The van der Waals surface area contributed by atoms with E-state index in [1.807, 2.05) is 0 Å². The number of hydrogen-bond acceptors (Lipinski definition) is 5. The second-order valence-electron chi connectivity index (χ2n) is 9.53. The first kappa shape index (κ1) is 32.9. The summed E-state index contributed by atoms with van der Waals surface area (Å²) in [6.45, 7) is 3.88. The van der Waals surface area contributed by atoms with Gasteiger partial charge in [-0.25, -0.2) is 12.8 Å². The standard InChI is InChI=1S/C24H24F7IN2O4S/c1-13-10-14(22(25,23(26,27)28)24(29,30)31)8-9-17(13)34-20(36)15-6-5-7-16(32)19(15)18(35)11-33-21(2,3)12-39(4,37)38/h5-10,33H,11-12H2,1-4H3,(H,34,36). The monoisotopic (exact) mass is 696 g/mol. The molecular formula is C24H24F7IN2O4S. The lowest BCUT2D eigenvalue weighted by molar-refractivity contribution is -0.348. The van der Waals surface area contributed by atoms with Crippen molar-refractivity contribution in [1.82, 2.24) is 5.32 Å². The first-order chi connectivity index (χ1) is 17.5. The van der Waals surface area contributed by atoms with Gasteiger partial charge >= 0.3 is 18.0 Å². The predicted molar refractivity (Wildman–Crippen MR) is 139 cm³/mol. The maximum atomic E-state index is 14.4. The average molecular weight is 696 g/mol. The number of aryl methyl sites for hydroxylation is 1. The van der Waals surface area contributed by atoms with Gasteiger partial charge in [0.1, 0.15) is 9.84 Å². The third kappa shape index (κ3) is 7.68. The Kier molecular flexibility index (Phi) is 9.55. The Hall–Kier alpha value is -2.27. The molecule has 216 valence electrons. The van der Waals surface area contributed by atoms with E-state index in [1.165, 1.54) is 18.2 Å². The molecule has 1 amide bonds. The van der Waals surface area contributed by atoms with Crippen molar-refractivity contribution in [2.45, 2.75) is 44.3 Å². The van der Waals surface area contributed by atoms with Gasteiger partial charge in [0.25, 0.3) is 5.91 Å². The summed E-state index contributed by atoms with van der Waals surface area (Å²) in [7, 11) is -3.38. The molecule has 0 bridgehead atoms. The highest BCUT2D eigenvalue weighted by atomic mass is 127. The summed E-state index contributed by atoms with van der Waals surface area (Å²) in [6, 6.07) is 5.59. The summed E-state index contributed by atoms with van der Waals surface area (Å²) >= 11 is 1.80. The Balaban J connectivity index is 2.37. The summed E-state index contributed by atoms with van der Waals surface area (Å²) in [5.74, 6) is -1.75. The number of amides is 1. The number of nitrogens with one attached hydrogen (secondary N) is 2. The minimum absolute atomic E-state index is 0.0375. The topological polar surface area (TPSA) is 92.3 Å². The van der Waals surface area contributed by atoms with Crippen LogP contribution in [-0.2, 0) is 15.5 Å². The molecule has 6 nitrogen and oxygen atoms in total. The molecule has 0 aromatic heterocycles. The maximum Gasteiger partial charge on any atom is 0.435 e. The Labute approximate surface area is 233 Å². The first-order valence-electron chi connectivity index (χ1n) is 11.0.